The van der Waals surface area contributed by atoms with Crippen LogP contribution in [0.4, 0.5) is 8.78 Å². The summed E-state index contributed by atoms with van der Waals surface area (Å²) >= 11 is 0. The van der Waals surface area contributed by atoms with Gasteiger partial charge in [0.2, 0.25) is 0 Å². The van der Waals surface area contributed by atoms with Crippen LogP contribution in [-0.4, -0.2) is 16.1 Å². The number of aromatic amines is 1. The van der Waals surface area contributed by atoms with Gasteiger partial charge in [0.1, 0.15) is 11.6 Å². The van der Waals surface area contributed by atoms with E-state index >= 15 is 0 Å². The zero-order valence-electron chi connectivity index (χ0n) is 11.4. The maximum Gasteiger partial charge on any atom is 0.255 e. The molecule has 1 amide bonds. The van der Waals surface area contributed by atoms with Crippen molar-refractivity contribution in [3.8, 4) is 0 Å². The van der Waals surface area contributed by atoms with E-state index in [0.29, 0.717) is 17.0 Å². The molecule has 0 aliphatic carbocycles. The Labute approximate surface area is 115 Å². The number of hydrogen-bond acceptors (Lipinski definition) is 2. The van der Waals surface area contributed by atoms with Crippen molar-refractivity contribution in [3.05, 3.63) is 52.3 Å². The van der Waals surface area contributed by atoms with Crippen LogP contribution >= 0.6 is 0 Å². The third-order valence-corrected chi connectivity index (χ3v) is 3.13. The Morgan fingerprint density at radius 1 is 1.35 bits per heavy atom. The van der Waals surface area contributed by atoms with Gasteiger partial charge in [-0.2, -0.15) is 5.10 Å². The number of nitrogens with zero attached hydrogens (tertiary/aromatic N) is 1. The fourth-order valence-electron chi connectivity index (χ4n) is 2.08. The lowest BCUT2D eigenvalue weighted by atomic mass is 10.1. The summed E-state index contributed by atoms with van der Waals surface area (Å²) in [6.45, 7) is 5.08. The summed E-state index contributed by atoms with van der Waals surface area (Å²) in [6.07, 6.45) is 0. The number of aryl methyl sites for hydroxylation is 2. The summed E-state index contributed by atoms with van der Waals surface area (Å²) in [4.78, 5) is 12.1. The highest BCUT2D eigenvalue weighted by atomic mass is 19.1. The van der Waals surface area contributed by atoms with Crippen molar-refractivity contribution < 1.29 is 13.6 Å². The largest absolute Gasteiger partial charge is 0.345 e. The van der Waals surface area contributed by atoms with Gasteiger partial charge >= 0.3 is 0 Å². The zero-order valence-corrected chi connectivity index (χ0v) is 11.4. The van der Waals surface area contributed by atoms with Gasteiger partial charge in [-0.05, 0) is 26.8 Å². The number of carbonyl (C=O) groups is 1. The number of halogens is 2. The molecule has 0 fully saturated rings. The molecule has 0 bridgehead atoms. The second-order valence-electron chi connectivity index (χ2n) is 4.67. The van der Waals surface area contributed by atoms with Crippen molar-refractivity contribution in [2.24, 2.45) is 0 Å². The molecule has 4 nitrogen and oxygen atoms in total. The monoisotopic (exact) mass is 279 g/mol. The molecule has 106 valence electrons. The predicted molar refractivity (Wildman–Crippen MR) is 70.3 cm³/mol. The van der Waals surface area contributed by atoms with E-state index in [1.807, 2.05) is 0 Å². The zero-order chi connectivity index (χ0) is 14.9. The first-order valence-electron chi connectivity index (χ1n) is 6.17. The van der Waals surface area contributed by atoms with Gasteiger partial charge in [0.05, 0.1) is 17.3 Å². The molecule has 0 aliphatic rings. The molecule has 1 heterocycles. The van der Waals surface area contributed by atoms with Gasteiger partial charge in [0.15, 0.2) is 0 Å². The number of rotatable bonds is 3. The summed E-state index contributed by atoms with van der Waals surface area (Å²) in [5, 5.41) is 9.33. The highest BCUT2D eigenvalue weighted by Crippen LogP contribution is 2.19. The molecule has 0 radical (unpaired) electrons. The van der Waals surface area contributed by atoms with E-state index in [-0.39, 0.29) is 11.5 Å². The van der Waals surface area contributed by atoms with Gasteiger partial charge in [0.25, 0.3) is 5.91 Å². The molecule has 1 unspecified atom stereocenters. The quantitative estimate of drug-likeness (QED) is 0.907. The van der Waals surface area contributed by atoms with E-state index in [1.165, 1.54) is 6.07 Å². The van der Waals surface area contributed by atoms with E-state index in [9.17, 15) is 13.6 Å². The molecule has 1 atom stereocenters. The Kier molecular flexibility index (Phi) is 3.83. The minimum absolute atomic E-state index is 0.235. The lowest BCUT2D eigenvalue weighted by molar-refractivity contribution is 0.0938. The van der Waals surface area contributed by atoms with Crippen molar-refractivity contribution in [3.63, 3.8) is 0 Å². The molecule has 0 spiro atoms. The van der Waals surface area contributed by atoms with E-state index < -0.39 is 17.7 Å². The number of nitrogens with one attached hydrogen (secondary N) is 2. The Balaban J connectivity index is 2.19. The van der Waals surface area contributed by atoms with Crippen molar-refractivity contribution in [1.82, 2.24) is 15.5 Å². The summed E-state index contributed by atoms with van der Waals surface area (Å²) in [7, 11) is 0. The van der Waals surface area contributed by atoms with Crippen LogP contribution < -0.4 is 5.32 Å². The number of hydrogen-bond donors (Lipinski definition) is 2. The molecule has 2 rings (SSSR count). The van der Waals surface area contributed by atoms with Gasteiger partial charge in [-0.3, -0.25) is 9.89 Å². The van der Waals surface area contributed by atoms with Gasteiger partial charge in [-0.15, -0.1) is 0 Å². The van der Waals surface area contributed by atoms with Crippen molar-refractivity contribution >= 4 is 5.91 Å². The molecular weight excluding hydrogens is 264 g/mol. The number of H-pyrrole nitrogens is 1. The minimum Gasteiger partial charge on any atom is -0.345 e. The average Bonchev–Trinajstić information content (AvgIpc) is 2.68. The first-order chi connectivity index (χ1) is 9.40. The molecule has 20 heavy (non-hydrogen) atoms. The predicted octanol–water partition coefficient (Wildman–Crippen LogP) is 2.80. The standard InChI is InChI=1S/C14H15F2N3O/c1-7(11-5-4-10(15)6-12(11)16)17-14(20)13-8(2)18-19-9(13)3/h4-7H,1-3H3,(H,17,20)(H,18,19). The van der Waals surface area contributed by atoms with Crippen LogP contribution in [0, 0.1) is 25.5 Å². The fourth-order valence-corrected chi connectivity index (χ4v) is 2.08. The summed E-state index contributed by atoms with van der Waals surface area (Å²) < 4.78 is 26.5. The van der Waals surface area contributed by atoms with Crippen molar-refractivity contribution in [2.45, 2.75) is 26.8 Å². The molecule has 2 aromatic rings. The Bertz CT molecular complexity index is 632. The lowest BCUT2D eigenvalue weighted by Crippen LogP contribution is -2.28. The highest BCUT2D eigenvalue weighted by molar-refractivity contribution is 5.96. The number of benzene rings is 1. The highest BCUT2D eigenvalue weighted by Gasteiger charge is 2.19. The maximum absolute atomic E-state index is 13.6. The molecule has 1 aromatic carbocycles. The van der Waals surface area contributed by atoms with E-state index in [0.717, 1.165) is 12.1 Å². The minimum atomic E-state index is -0.682. The fraction of sp³-hybridized carbons (Fsp3) is 0.286. The molecule has 6 heteroatoms. The van der Waals surface area contributed by atoms with Gasteiger partial charge in [0, 0.05) is 17.3 Å². The molecule has 2 N–H and O–H groups in total. The van der Waals surface area contributed by atoms with E-state index in [1.54, 1.807) is 20.8 Å². The Morgan fingerprint density at radius 3 is 2.60 bits per heavy atom. The van der Waals surface area contributed by atoms with Crippen LogP contribution in [0.25, 0.3) is 0 Å². The van der Waals surface area contributed by atoms with Crippen LogP contribution in [0.1, 0.15) is 40.3 Å². The normalized spacial score (nSPS) is 12.2. The van der Waals surface area contributed by atoms with E-state index in [4.69, 9.17) is 0 Å². The average molecular weight is 279 g/mol. The first-order valence-corrected chi connectivity index (χ1v) is 6.17. The molecular formula is C14H15F2N3O. The maximum atomic E-state index is 13.6. The van der Waals surface area contributed by atoms with E-state index in [2.05, 4.69) is 15.5 Å². The SMILES string of the molecule is Cc1n[nH]c(C)c1C(=O)NC(C)c1ccc(F)cc1F. The van der Waals surface area contributed by atoms with Crippen LogP contribution in [0.5, 0.6) is 0 Å². The van der Waals surface area contributed by atoms with Crippen LogP contribution in [-0.2, 0) is 0 Å². The molecule has 0 saturated carbocycles. The first kappa shape index (κ1) is 14.2. The summed E-state index contributed by atoms with van der Waals surface area (Å²) in [5.41, 5.74) is 1.90. The summed E-state index contributed by atoms with van der Waals surface area (Å²) in [6, 6.07) is 2.71. The second kappa shape index (κ2) is 5.40. The lowest BCUT2D eigenvalue weighted by Gasteiger charge is -2.15. The molecule has 0 aliphatic heterocycles. The van der Waals surface area contributed by atoms with Crippen molar-refractivity contribution in [1.29, 1.82) is 0 Å². The molecule has 0 saturated heterocycles. The molecule has 1 aromatic heterocycles. The smallest absolute Gasteiger partial charge is 0.255 e. The third kappa shape index (κ3) is 2.68. The third-order valence-electron chi connectivity index (χ3n) is 3.13. The van der Waals surface area contributed by atoms with Crippen LogP contribution in [0.2, 0.25) is 0 Å². The van der Waals surface area contributed by atoms with Gasteiger partial charge in [-0.25, -0.2) is 8.78 Å². The topological polar surface area (TPSA) is 57.8 Å². The number of aromatic nitrogens is 2. The van der Waals surface area contributed by atoms with Gasteiger partial charge < -0.3 is 5.32 Å². The number of amides is 1. The Morgan fingerprint density at radius 2 is 2.05 bits per heavy atom. The van der Waals surface area contributed by atoms with Crippen LogP contribution in [0.3, 0.4) is 0 Å². The Hall–Kier alpha value is -2.24. The summed E-state index contributed by atoms with van der Waals surface area (Å²) in [5.74, 6) is -1.67. The second-order valence-corrected chi connectivity index (χ2v) is 4.67. The van der Waals surface area contributed by atoms with Crippen molar-refractivity contribution in [2.75, 3.05) is 0 Å². The van der Waals surface area contributed by atoms with Crippen LogP contribution in [0.15, 0.2) is 18.2 Å². The van der Waals surface area contributed by atoms with Gasteiger partial charge in [-0.1, -0.05) is 6.07 Å². The number of carbonyl (C=O) groups excluding carboxylic acids is 1.